The van der Waals surface area contributed by atoms with E-state index >= 15 is 0 Å². The molecule has 0 heterocycles. The molecule has 0 bridgehead atoms. The summed E-state index contributed by atoms with van der Waals surface area (Å²) in [6.07, 6.45) is -1.03. The van der Waals surface area contributed by atoms with Gasteiger partial charge in [0.1, 0.15) is 5.82 Å². The monoisotopic (exact) mass is 301 g/mol. The SMILES string of the molecule is OC(CNc1cc(F)cc(F)c1F)c1ccccc1Cl. The minimum Gasteiger partial charge on any atom is -0.387 e. The van der Waals surface area contributed by atoms with Crippen molar-refractivity contribution in [2.24, 2.45) is 0 Å². The van der Waals surface area contributed by atoms with Crippen LogP contribution in [0.2, 0.25) is 5.02 Å². The van der Waals surface area contributed by atoms with Gasteiger partial charge in [-0.1, -0.05) is 29.8 Å². The molecule has 0 aliphatic heterocycles. The van der Waals surface area contributed by atoms with Crippen LogP contribution in [-0.4, -0.2) is 11.7 Å². The van der Waals surface area contributed by atoms with Crippen LogP contribution in [-0.2, 0) is 0 Å². The molecular weight excluding hydrogens is 291 g/mol. The second-order valence-electron chi connectivity index (χ2n) is 4.17. The number of aliphatic hydroxyl groups excluding tert-OH is 1. The lowest BCUT2D eigenvalue weighted by Gasteiger charge is -2.15. The van der Waals surface area contributed by atoms with Gasteiger partial charge in [-0.05, 0) is 6.07 Å². The van der Waals surface area contributed by atoms with E-state index in [1.54, 1.807) is 24.3 Å². The normalized spacial score (nSPS) is 12.2. The summed E-state index contributed by atoms with van der Waals surface area (Å²) in [5.74, 6) is -3.39. The van der Waals surface area contributed by atoms with Crippen molar-refractivity contribution in [3.05, 3.63) is 64.4 Å². The van der Waals surface area contributed by atoms with Crippen LogP contribution in [0.15, 0.2) is 36.4 Å². The smallest absolute Gasteiger partial charge is 0.182 e. The first-order valence-electron chi connectivity index (χ1n) is 5.80. The quantitative estimate of drug-likeness (QED) is 0.839. The predicted octanol–water partition coefficient (Wildman–Crippen LogP) is 3.90. The molecule has 2 aromatic rings. The van der Waals surface area contributed by atoms with Gasteiger partial charge in [-0.2, -0.15) is 0 Å². The van der Waals surface area contributed by atoms with Gasteiger partial charge in [0.05, 0.1) is 11.8 Å². The standard InChI is InChI=1S/C14H11ClF3NO/c15-10-4-2-1-3-9(10)13(20)7-19-12-6-8(16)5-11(17)14(12)18/h1-6,13,19-20H,7H2. The summed E-state index contributed by atoms with van der Waals surface area (Å²) in [5, 5.41) is 12.7. The number of aliphatic hydroxyl groups is 1. The van der Waals surface area contributed by atoms with Gasteiger partial charge in [0, 0.05) is 29.3 Å². The highest BCUT2D eigenvalue weighted by molar-refractivity contribution is 6.31. The van der Waals surface area contributed by atoms with E-state index in [9.17, 15) is 18.3 Å². The van der Waals surface area contributed by atoms with Crippen molar-refractivity contribution in [3.63, 3.8) is 0 Å². The molecule has 2 nitrogen and oxygen atoms in total. The van der Waals surface area contributed by atoms with Crippen LogP contribution >= 0.6 is 11.6 Å². The molecule has 0 saturated heterocycles. The first-order valence-corrected chi connectivity index (χ1v) is 6.17. The molecule has 0 amide bonds. The zero-order valence-corrected chi connectivity index (χ0v) is 11.0. The molecule has 0 saturated carbocycles. The second kappa shape index (κ2) is 6.15. The molecular formula is C14H11ClF3NO. The van der Waals surface area contributed by atoms with Gasteiger partial charge in [0.15, 0.2) is 11.6 Å². The number of nitrogens with one attached hydrogen (secondary N) is 1. The lowest BCUT2D eigenvalue weighted by atomic mass is 10.1. The number of benzene rings is 2. The van der Waals surface area contributed by atoms with E-state index in [4.69, 9.17) is 11.6 Å². The fourth-order valence-corrected chi connectivity index (χ4v) is 2.01. The zero-order chi connectivity index (χ0) is 14.7. The fraction of sp³-hybridized carbons (Fsp3) is 0.143. The van der Waals surface area contributed by atoms with Gasteiger partial charge in [0.2, 0.25) is 0 Å². The third-order valence-electron chi connectivity index (χ3n) is 2.74. The summed E-state index contributed by atoms with van der Waals surface area (Å²) in [4.78, 5) is 0. The fourth-order valence-electron chi connectivity index (χ4n) is 1.75. The Bertz CT molecular complexity index is 621. The van der Waals surface area contributed by atoms with Crippen LogP contribution in [0.3, 0.4) is 0 Å². The molecule has 2 N–H and O–H groups in total. The lowest BCUT2D eigenvalue weighted by Crippen LogP contribution is -2.14. The molecule has 0 radical (unpaired) electrons. The summed E-state index contributed by atoms with van der Waals surface area (Å²) < 4.78 is 39.4. The third-order valence-corrected chi connectivity index (χ3v) is 3.09. The van der Waals surface area contributed by atoms with Crippen molar-refractivity contribution in [1.82, 2.24) is 0 Å². The Hall–Kier alpha value is -1.72. The Kier molecular flexibility index (Phi) is 4.52. The summed E-state index contributed by atoms with van der Waals surface area (Å²) in [5.41, 5.74) is 0.0903. The highest BCUT2D eigenvalue weighted by Gasteiger charge is 2.14. The topological polar surface area (TPSA) is 32.3 Å². The third kappa shape index (κ3) is 3.23. The molecule has 20 heavy (non-hydrogen) atoms. The summed E-state index contributed by atoms with van der Waals surface area (Å²) in [6.45, 7) is -0.135. The van der Waals surface area contributed by atoms with Crippen LogP contribution in [0.5, 0.6) is 0 Å². The van der Waals surface area contributed by atoms with E-state index in [1.807, 2.05) is 0 Å². The average molecular weight is 302 g/mol. The summed E-state index contributed by atoms with van der Waals surface area (Å²) in [7, 11) is 0. The van der Waals surface area contributed by atoms with Crippen molar-refractivity contribution in [1.29, 1.82) is 0 Å². The molecule has 0 aliphatic carbocycles. The van der Waals surface area contributed by atoms with E-state index in [-0.39, 0.29) is 12.2 Å². The summed E-state index contributed by atoms with van der Waals surface area (Å²) in [6, 6.07) is 7.86. The molecule has 2 rings (SSSR count). The highest BCUT2D eigenvalue weighted by Crippen LogP contribution is 2.24. The van der Waals surface area contributed by atoms with E-state index in [2.05, 4.69) is 5.32 Å². The van der Waals surface area contributed by atoms with Crippen LogP contribution in [0.25, 0.3) is 0 Å². The molecule has 2 aromatic carbocycles. The largest absolute Gasteiger partial charge is 0.387 e. The average Bonchev–Trinajstić information content (AvgIpc) is 2.41. The van der Waals surface area contributed by atoms with Crippen molar-refractivity contribution in [3.8, 4) is 0 Å². The zero-order valence-electron chi connectivity index (χ0n) is 10.2. The van der Waals surface area contributed by atoms with E-state index < -0.39 is 23.6 Å². The molecule has 0 fully saturated rings. The molecule has 106 valence electrons. The molecule has 0 spiro atoms. The number of halogens is 4. The van der Waals surface area contributed by atoms with Gasteiger partial charge in [-0.15, -0.1) is 0 Å². The van der Waals surface area contributed by atoms with Crippen molar-refractivity contribution >= 4 is 17.3 Å². The molecule has 1 unspecified atom stereocenters. The predicted molar refractivity (Wildman–Crippen MR) is 71.2 cm³/mol. The first-order chi connectivity index (χ1) is 9.49. The molecule has 6 heteroatoms. The van der Waals surface area contributed by atoms with Crippen LogP contribution in [0.4, 0.5) is 18.9 Å². The Morgan fingerprint density at radius 3 is 2.55 bits per heavy atom. The number of hydrogen-bond donors (Lipinski definition) is 2. The van der Waals surface area contributed by atoms with E-state index in [0.29, 0.717) is 16.7 Å². The Morgan fingerprint density at radius 2 is 1.85 bits per heavy atom. The van der Waals surface area contributed by atoms with Crippen molar-refractivity contribution in [2.45, 2.75) is 6.10 Å². The molecule has 1 atom stereocenters. The Labute approximate surface area is 118 Å². The maximum absolute atomic E-state index is 13.4. The number of rotatable bonds is 4. The lowest BCUT2D eigenvalue weighted by molar-refractivity contribution is 0.191. The number of hydrogen-bond acceptors (Lipinski definition) is 2. The van der Waals surface area contributed by atoms with E-state index in [1.165, 1.54) is 0 Å². The summed E-state index contributed by atoms with van der Waals surface area (Å²) >= 11 is 5.90. The van der Waals surface area contributed by atoms with Gasteiger partial charge in [-0.25, -0.2) is 13.2 Å². The molecule has 0 aliphatic rings. The van der Waals surface area contributed by atoms with Crippen LogP contribution in [0.1, 0.15) is 11.7 Å². The Morgan fingerprint density at radius 1 is 1.15 bits per heavy atom. The highest BCUT2D eigenvalue weighted by atomic mass is 35.5. The maximum Gasteiger partial charge on any atom is 0.182 e. The second-order valence-corrected chi connectivity index (χ2v) is 4.57. The van der Waals surface area contributed by atoms with Crippen molar-refractivity contribution < 1.29 is 18.3 Å². The maximum atomic E-state index is 13.4. The van der Waals surface area contributed by atoms with Gasteiger partial charge in [-0.3, -0.25) is 0 Å². The molecule has 0 aromatic heterocycles. The minimum absolute atomic E-state index is 0.135. The van der Waals surface area contributed by atoms with E-state index in [0.717, 1.165) is 6.07 Å². The first kappa shape index (κ1) is 14.7. The minimum atomic E-state index is -1.29. The van der Waals surface area contributed by atoms with Crippen LogP contribution < -0.4 is 5.32 Å². The number of anilines is 1. The van der Waals surface area contributed by atoms with Crippen LogP contribution in [0, 0.1) is 17.5 Å². The van der Waals surface area contributed by atoms with Crippen molar-refractivity contribution in [2.75, 3.05) is 11.9 Å². The van der Waals surface area contributed by atoms with Gasteiger partial charge >= 0.3 is 0 Å². The van der Waals surface area contributed by atoms with Gasteiger partial charge in [0.25, 0.3) is 0 Å². The Balaban J connectivity index is 2.11. The van der Waals surface area contributed by atoms with Gasteiger partial charge < -0.3 is 10.4 Å².